The van der Waals surface area contributed by atoms with Crippen LogP contribution in [-0.2, 0) is 4.79 Å². The zero-order valence-electron chi connectivity index (χ0n) is 15.0. The van der Waals surface area contributed by atoms with Crippen molar-refractivity contribution in [2.45, 2.75) is 20.8 Å². The van der Waals surface area contributed by atoms with Gasteiger partial charge in [-0.25, -0.2) is 13.2 Å². The van der Waals surface area contributed by atoms with E-state index in [1.165, 1.54) is 11.8 Å². The van der Waals surface area contributed by atoms with E-state index in [4.69, 9.17) is 11.6 Å². The average molecular weight is 399 g/mol. The van der Waals surface area contributed by atoms with Gasteiger partial charge in [0.2, 0.25) is 5.91 Å². The minimum atomic E-state index is -1.71. The lowest BCUT2D eigenvalue weighted by Crippen LogP contribution is -2.38. The van der Waals surface area contributed by atoms with Gasteiger partial charge in [0.15, 0.2) is 17.5 Å². The second-order valence-corrected chi connectivity index (χ2v) is 6.47. The fourth-order valence-corrected chi connectivity index (χ4v) is 3.18. The summed E-state index contributed by atoms with van der Waals surface area (Å²) in [5.74, 6) is -5.86. The van der Waals surface area contributed by atoms with Gasteiger partial charge in [-0.15, -0.1) is 0 Å². The summed E-state index contributed by atoms with van der Waals surface area (Å²) in [5, 5.41) is 2.78. The van der Waals surface area contributed by atoms with Crippen LogP contribution in [0.1, 0.15) is 28.4 Å². The van der Waals surface area contributed by atoms with Crippen molar-refractivity contribution >= 4 is 29.1 Å². The first-order valence-corrected chi connectivity index (χ1v) is 8.47. The lowest BCUT2D eigenvalue weighted by atomic mass is 10.1. The summed E-state index contributed by atoms with van der Waals surface area (Å²) in [5.41, 5.74) is 1.62. The number of nitrogens with zero attached hydrogens (tertiary/aromatic N) is 1. The van der Waals surface area contributed by atoms with E-state index in [-0.39, 0.29) is 19.0 Å². The number of nitrogens with one attached hydrogen (secondary N) is 1. The number of carbonyl (C=O) groups is 2. The van der Waals surface area contributed by atoms with Crippen molar-refractivity contribution in [1.82, 2.24) is 5.32 Å². The Labute approximate surface area is 159 Å². The van der Waals surface area contributed by atoms with Crippen molar-refractivity contribution in [1.29, 1.82) is 0 Å². The zero-order chi connectivity index (χ0) is 20.3. The average Bonchev–Trinajstić information content (AvgIpc) is 2.57. The van der Waals surface area contributed by atoms with Crippen molar-refractivity contribution in [3.8, 4) is 0 Å². The third-order valence-electron chi connectivity index (χ3n) is 3.95. The van der Waals surface area contributed by atoms with Gasteiger partial charge in [0, 0.05) is 20.0 Å². The maximum Gasteiger partial charge on any atom is 0.254 e. The van der Waals surface area contributed by atoms with E-state index < -0.39 is 28.9 Å². The smallest absolute Gasteiger partial charge is 0.254 e. The van der Waals surface area contributed by atoms with Gasteiger partial charge in [-0.05, 0) is 43.2 Å². The number of anilines is 1. The predicted molar refractivity (Wildman–Crippen MR) is 97.6 cm³/mol. The normalized spacial score (nSPS) is 10.6. The van der Waals surface area contributed by atoms with Crippen molar-refractivity contribution < 1.29 is 22.8 Å². The van der Waals surface area contributed by atoms with Crippen molar-refractivity contribution in [3.05, 3.63) is 63.4 Å². The Hall–Kier alpha value is -2.54. The molecule has 0 unspecified atom stereocenters. The van der Waals surface area contributed by atoms with Gasteiger partial charge >= 0.3 is 0 Å². The number of benzene rings is 2. The minimum absolute atomic E-state index is 0.0412. The monoisotopic (exact) mass is 398 g/mol. The summed E-state index contributed by atoms with van der Waals surface area (Å²) < 4.78 is 39.9. The molecule has 1 N–H and O–H groups in total. The summed E-state index contributed by atoms with van der Waals surface area (Å²) in [7, 11) is 0. The standard InChI is InChI=1S/C19H18ClF3N2O2/c1-10-8-11(2)18(14(20)9-10)25(12(3)26)7-6-24-19(27)13-4-5-15(21)17(23)16(13)22/h4-5,8-9H,6-7H2,1-3H3,(H,24,27). The first-order valence-electron chi connectivity index (χ1n) is 8.10. The fraction of sp³-hybridized carbons (Fsp3) is 0.263. The molecule has 4 nitrogen and oxygen atoms in total. The summed E-state index contributed by atoms with van der Waals surface area (Å²) >= 11 is 6.26. The molecule has 0 aromatic heterocycles. The van der Waals surface area contributed by atoms with E-state index in [1.54, 1.807) is 13.0 Å². The predicted octanol–water partition coefficient (Wildman–Crippen LogP) is 4.16. The summed E-state index contributed by atoms with van der Waals surface area (Å²) in [6, 6.07) is 5.11. The topological polar surface area (TPSA) is 49.4 Å². The maximum atomic E-state index is 13.7. The molecule has 144 valence electrons. The molecule has 0 spiro atoms. The van der Waals surface area contributed by atoms with Crippen LogP contribution in [0.15, 0.2) is 24.3 Å². The SMILES string of the molecule is CC(=O)N(CCNC(=O)c1ccc(F)c(F)c1F)c1c(C)cc(C)cc1Cl. The molecule has 0 heterocycles. The number of rotatable bonds is 5. The molecular weight excluding hydrogens is 381 g/mol. The third-order valence-corrected chi connectivity index (χ3v) is 4.24. The van der Waals surface area contributed by atoms with Crippen LogP contribution in [0, 0.1) is 31.3 Å². The van der Waals surface area contributed by atoms with E-state index in [1.807, 2.05) is 13.0 Å². The molecule has 8 heteroatoms. The third kappa shape index (κ3) is 4.60. The Kier molecular flexibility index (Phi) is 6.49. The Morgan fingerprint density at radius 2 is 1.78 bits per heavy atom. The molecule has 2 amide bonds. The number of halogens is 4. The molecule has 0 atom stereocenters. The molecule has 0 bridgehead atoms. The maximum absolute atomic E-state index is 13.7. The van der Waals surface area contributed by atoms with Crippen molar-refractivity contribution in [3.63, 3.8) is 0 Å². The van der Waals surface area contributed by atoms with Crippen molar-refractivity contribution in [2.24, 2.45) is 0 Å². The van der Waals surface area contributed by atoms with Gasteiger partial charge in [-0.2, -0.15) is 0 Å². The quantitative estimate of drug-likeness (QED) is 0.769. The highest BCUT2D eigenvalue weighted by Gasteiger charge is 2.20. The van der Waals surface area contributed by atoms with Gasteiger partial charge in [-0.3, -0.25) is 9.59 Å². The molecule has 0 aliphatic rings. The van der Waals surface area contributed by atoms with E-state index in [0.717, 1.165) is 17.2 Å². The number of amides is 2. The summed E-state index contributed by atoms with van der Waals surface area (Å²) in [6.45, 7) is 5.06. The van der Waals surface area contributed by atoms with E-state index >= 15 is 0 Å². The van der Waals surface area contributed by atoms with Gasteiger partial charge in [0.25, 0.3) is 5.91 Å². The Balaban J connectivity index is 2.13. The molecule has 0 radical (unpaired) electrons. The van der Waals surface area contributed by atoms with Crippen LogP contribution >= 0.6 is 11.6 Å². The highest BCUT2D eigenvalue weighted by molar-refractivity contribution is 6.34. The molecule has 0 saturated heterocycles. The number of carbonyl (C=O) groups excluding carboxylic acids is 2. The highest BCUT2D eigenvalue weighted by Crippen LogP contribution is 2.31. The number of hydrogen-bond donors (Lipinski definition) is 1. The van der Waals surface area contributed by atoms with Crippen LogP contribution < -0.4 is 10.2 Å². The minimum Gasteiger partial charge on any atom is -0.350 e. The molecule has 27 heavy (non-hydrogen) atoms. The number of hydrogen-bond acceptors (Lipinski definition) is 2. The molecule has 2 rings (SSSR count). The van der Waals surface area contributed by atoms with E-state index in [9.17, 15) is 22.8 Å². The van der Waals surface area contributed by atoms with Crippen LogP contribution in [0.5, 0.6) is 0 Å². The van der Waals surface area contributed by atoms with Gasteiger partial charge < -0.3 is 10.2 Å². The molecule has 0 aliphatic heterocycles. The van der Waals surface area contributed by atoms with Gasteiger partial charge in [0.05, 0.1) is 16.3 Å². The molecule has 0 aliphatic carbocycles. The lowest BCUT2D eigenvalue weighted by molar-refractivity contribution is -0.116. The highest BCUT2D eigenvalue weighted by atomic mass is 35.5. The fourth-order valence-electron chi connectivity index (χ4n) is 2.75. The Morgan fingerprint density at radius 3 is 2.37 bits per heavy atom. The first-order chi connectivity index (χ1) is 12.6. The summed E-state index contributed by atoms with van der Waals surface area (Å²) in [6.07, 6.45) is 0. The van der Waals surface area contributed by atoms with Crippen LogP contribution in [0.25, 0.3) is 0 Å². The van der Waals surface area contributed by atoms with E-state index in [2.05, 4.69) is 5.32 Å². The van der Waals surface area contributed by atoms with Crippen LogP contribution in [0.2, 0.25) is 5.02 Å². The second kappa shape index (κ2) is 8.43. The molecule has 0 fully saturated rings. The second-order valence-electron chi connectivity index (χ2n) is 6.06. The molecule has 0 saturated carbocycles. The van der Waals surface area contributed by atoms with Crippen LogP contribution in [0.4, 0.5) is 18.9 Å². The largest absolute Gasteiger partial charge is 0.350 e. The molecule has 2 aromatic rings. The van der Waals surface area contributed by atoms with Crippen LogP contribution in [0.3, 0.4) is 0 Å². The number of aryl methyl sites for hydroxylation is 2. The van der Waals surface area contributed by atoms with Gasteiger partial charge in [0.1, 0.15) is 0 Å². The Bertz CT molecular complexity index is 880. The zero-order valence-corrected chi connectivity index (χ0v) is 15.8. The molecule has 2 aromatic carbocycles. The Morgan fingerprint density at radius 1 is 1.11 bits per heavy atom. The lowest BCUT2D eigenvalue weighted by Gasteiger charge is -2.25. The summed E-state index contributed by atoms with van der Waals surface area (Å²) in [4.78, 5) is 25.4. The molecular formula is C19H18ClF3N2O2. The van der Waals surface area contributed by atoms with Gasteiger partial charge in [-0.1, -0.05) is 17.7 Å². The first kappa shape index (κ1) is 20.8. The van der Waals surface area contributed by atoms with Crippen molar-refractivity contribution in [2.75, 3.05) is 18.0 Å². The van der Waals surface area contributed by atoms with E-state index in [0.29, 0.717) is 16.8 Å². The van der Waals surface area contributed by atoms with Crippen LogP contribution in [-0.4, -0.2) is 24.9 Å².